The van der Waals surface area contributed by atoms with Crippen molar-refractivity contribution in [3.63, 3.8) is 0 Å². The maximum Gasteiger partial charge on any atom is 0.309 e. The lowest BCUT2D eigenvalue weighted by Gasteiger charge is -2.18. The highest BCUT2D eigenvalue weighted by atomic mass is 19.1. The molecule has 0 atom stereocenters. The summed E-state index contributed by atoms with van der Waals surface area (Å²) in [7, 11) is 0. The number of benzene rings is 1. The molecule has 0 spiro atoms. The van der Waals surface area contributed by atoms with Crippen molar-refractivity contribution in [2.24, 2.45) is 5.41 Å². The second-order valence-electron chi connectivity index (χ2n) is 4.24. The number of carboxylic acid groups (broad SMARTS) is 1. The topological polar surface area (TPSA) is 46.5 Å². The van der Waals surface area contributed by atoms with Gasteiger partial charge < -0.3 is 9.84 Å². The van der Waals surface area contributed by atoms with Gasteiger partial charge in [-0.05, 0) is 32.4 Å². The van der Waals surface area contributed by atoms with E-state index in [1.54, 1.807) is 26.0 Å². The van der Waals surface area contributed by atoms with Gasteiger partial charge in [0.05, 0.1) is 12.0 Å². The second-order valence-corrected chi connectivity index (χ2v) is 4.24. The number of aliphatic carboxylic acids is 1. The van der Waals surface area contributed by atoms with Crippen molar-refractivity contribution < 1.29 is 19.0 Å². The molecule has 0 fully saturated rings. The number of hydrogen-bond acceptors (Lipinski definition) is 2. The molecule has 1 rings (SSSR count). The van der Waals surface area contributed by atoms with Crippen molar-refractivity contribution >= 4 is 5.97 Å². The van der Waals surface area contributed by atoms with E-state index in [2.05, 4.69) is 0 Å². The van der Waals surface area contributed by atoms with Crippen LogP contribution in [-0.2, 0) is 4.79 Å². The molecule has 0 heterocycles. The van der Waals surface area contributed by atoms with Gasteiger partial charge in [-0.2, -0.15) is 0 Å². The monoisotopic (exact) mass is 226 g/mol. The van der Waals surface area contributed by atoms with Gasteiger partial charge in [-0.1, -0.05) is 6.07 Å². The molecule has 4 heteroatoms. The zero-order chi connectivity index (χ0) is 12.2. The van der Waals surface area contributed by atoms with Crippen molar-refractivity contribution in [2.45, 2.75) is 20.3 Å². The molecule has 0 aliphatic heterocycles. The number of carboxylic acids is 1. The van der Waals surface area contributed by atoms with Crippen LogP contribution >= 0.6 is 0 Å². The molecule has 16 heavy (non-hydrogen) atoms. The molecule has 88 valence electrons. The van der Waals surface area contributed by atoms with E-state index >= 15 is 0 Å². The lowest BCUT2D eigenvalue weighted by molar-refractivity contribution is -0.147. The summed E-state index contributed by atoms with van der Waals surface area (Å²) in [6.07, 6.45) is 0.374. The van der Waals surface area contributed by atoms with Crippen LogP contribution in [-0.4, -0.2) is 17.7 Å². The summed E-state index contributed by atoms with van der Waals surface area (Å²) in [6.45, 7) is 3.51. The molecule has 1 aromatic carbocycles. The van der Waals surface area contributed by atoms with E-state index in [9.17, 15) is 9.18 Å². The van der Waals surface area contributed by atoms with Crippen LogP contribution in [0, 0.1) is 11.2 Å². The molecule has 0 aliphatic carbocycles. The Morgan fingerprint density at radius 1 is 1.50 bits per heavy atom. The summed E-state index contributed by atoms with van der Waals surface area (Å²) in [5.74, 6) is -0.813. The Kier molecular flexibility index (Phi) is 3.88. The second kappa shape index (κ2) is 4.96. The Bertz CT molecular complexity index is 374. The van der Waals surface area contributed by atoms with Crippen molar-refractivity contribution in [3.8, 4) is 5.75 Å². The summed E-state index contributed by atoms with van der Waals surface area (Å²) < 4.78 is 18.1. The van der Waals surface area contributed by atoms with Gasteiger partial charge in [0.15, 0.2) is 0 Å². The Morgan fingerprint density at radius 2 is 2.19 bits per heavy atom. The minimum absolute atomic E-state index is 0.253. The zero-order valence-electron chi connectivity index (χ0n) is 9.37. The van der Waals surface area contributed by atoms with Gasteiger partial charge in [0.2, 0.25) is 0 Å². The van der Waals surface area contributed by atoms with Crippen LogP contribution in [0.3, 0.4) is 0 Å². The van der Waals surface area contributed by atoms with Gasteiger partial charge in [0.1, 0.15) is 11.6 Å². The highest BCUT2D eigenvalue weighted by Crippen LogP contribution is 2.21. The summed E-state index contributed by atoms with van der Waals surface area (Å²) >= 11 is 0. The van der Waals surface area contributed by atoms with Crippen molar-refractivity contribution in [1.29, 1.82) is 0 Å². The highest BCUT2D eigenvalue weighted by molar-refractivity contribution is 5.73. The van der Waals surface area contributed by atoms with Crippen LogP contribution < -0.4 is 4.74 Å². The van der Waals surface area contributed by atoms with Gasteiger partial charge >= 0.3 is 5.97 Å². The molecule has 0 aliphatic rings. The van der Waals surface area contributed by atoms with Gasteiger partial charge in [-0.3, -0.25) is 4.79 Å². The Balaban J connectivity index is 2.45. The number of ether oxygens (including phenoxy) is 1. The van der Waals surface area contributed by atoms with Gasteiger partial charge in [0.25, 0.3) is 0 Å². The normalized spacial score (nSPS) is 11.2. The van der Waals surface area contributed by atoms with Gasteiger partial charge in [-0.15, -0.1) is 0 Å². The van der Waals surface area contributed by atoms with E-state index in [4.69, 9.17) is 9.84 Å². The number of carbonyl (C=O) groups is 1. The van der Waals surface area contributed by atoms with Gasteiger partial charge in [0, 0.05) is 6.07 Å². The third kappa shape index (κ3) is 3.53. The van der Waals surface area contributed by atoms with Gasteiger partial charge in [-0.25, -0.2) is 4.39 Å². The summed E-state index contributed by atoms with van der Waals surface area (Å²) in [6, 6.07) is 5.78. The molecule has 0 saturated heterocycles. The van der Waals surface area contributed by atoms with Crippen LogP contribution in [0.2, 0.25) is 0 Å². The third-order valence-electron chi connectivity index (χ3n) is 2.37. The molecule has 1 aromatic rings. The fraction of sp³-hybridized carbons (Fsp3) is 0.417. The van der Waals surface area contributed by atoms with Crippen LogP contribution in [0.1, 0.15) is 20.3 Å². The Morgan fingerprint density at radius 3 is 2.75 bits per heavy atom. The summed E-state index contributed by atoms with van der Waals surface area (Å²) in [4.78, 5) is 10.8. The van der Waals surface area contributed by atoms with Crippen LogP contribution in [0.4, 0.5) is 4.39 Å². The lowest BCUT2D eigenvalue weighted by Crippen LogP contribution is -2.25. The molecule has 0 bridgehead atoms. The van der Waals surface area contributed by atoms with E-state index in [-0.39, 0.29) is 12.4 Å². The molecule has 1 N–H and O–H groups in total. The van der Waals surface area contributed by atoms with Crippen molar-refractivity contribution in [3.05, 3.63) is 30.1 Å². The minimum atomic E-state index is -0.865. The molecule has 0 aromatic heterocycles. The average Bonchev–Trinajstić information content (AvgIpc) is 2.17. The minimum Gasteiger partial charge on any atom is -0.493 e. The fourth-order valence-corrected chi connectivity index (χ4v) is 1.09. The van der Waals surface area contributed by atoms with E-state index in [0.29, 0.717) is 12.2 Å². The number of rotatable bonds is 5. The molecule has 0 saturated carbocycles. The quantitative estimate of drug-likeness (QED) is 0.839. The molecule has 0 amide bonds. The number of halogens is 1. The van der Waals surface area contributed by atoms with Crippen LogP contribution in [0.25, 0.3) is 0 Å². The first kappa shape index (κ1) is 12.5. The van der Waals surface area contributed by atoms with Crippen LogP contribution in [0.15, 0.2) is 24.3 Å². The maximum atomic E-state index is 12.8. The Hall–Kier alpha value is -1.58. The maximum absolute atomic E-state index is 12.8. The molecule has 3 nitrogen and oxygen atoms in total. The first-order valence-electron chi connectivity index (χ1n) is 5.03. The SMILES string of the molecule is CC(C)(CCOc1cccc(F)c1)C(=O)O. The van der Waals surface area contributed by atoms with E-state index < -0.39 is 11.4 Å². The summed E-state index contributed by atoms with van der Waals surface area (Å²) in [5, 5.41) is 8.87. The molecular formula is C12H15FO3. The predicted octanol–water partition coefficient (Wildman–Crippen LogP) is 2.71. The standard InChI is InChI=1S/C12H15FO3/c1-12(2,11(14)15)6-7-16-10-5-3-4-9(13)8-10/h3-5,8H,6-7H2,1-2H3,(H,14,15). The van der Waals surface area contributed by atoms with E-state index in [1.807, 2.05) is 0 Å². The highest BCUT2D eigenvalue weighted by Gasteiger charge is 2.26. The molecule has 0 radical (unpaired) electrons. The predicted molar refractivity (Wildman–Crippen MR) is 57.9 cm³/mol. The third-order valence-corrected chi connectivity index (χ3v) is 2.37. The van der Waals surface area contributed by atoms with Crippen molar-refractivity contribution in [2.75, 3.05) is 6.61 Å². The Labute approximate surface area is 93.9 Å². The van der Waals surface area contributed by atoms with Crippen molar-refractivity contribution in [1.82, 2.24) is 0 Å². The van der Waals surface area contributed by atoms with Crippen LogP contribution in [0.5, 0.6) is 5.75 Å². The van der Waals surface area contributed by atoms with E-state index in [1.165, 1.54) is 12.1 Å². The molecule has 0 unspecified atom stereocenters. The lowest BCUT2D eigenvalue weighted by atomic mass is 9.90. The van der Waals surface area contributed by atoms with E-state index in [0.717, 1.165) is 0 Å². The zero-order valence-corrected chi connectivity index (χ0v) is 9.37. The first-order chi connectivity index (χ1) is 7.42. The largest absolute Gasteiger partial charge is 0.493 e. The molecular weight excluding hydrogens is 211 g/mol. The summed E-state index contributed by atoms with van der Waals surface area (Å²) in [5.41, 5.74) is -0.826. The fourth-order valence-electron chi connectivity index (χ4n) is 1.09. The smallest absolute Gasteiger partial charge is 0.309 e. The number of hydrogen-bond donors (Lipinski definition) is 1. The average molecular weight is 226 g/mol. The first-order valence-corrected chi connectivity index (χ1v) is 5.03.